The van der Waals surface area contributed by atoms with Gasteiger partial charge in [0.15, 0.2) is 11.5 Å². The Hall–Kier alpha value is -2.28. The molecule has 3 N–H and O–H groups in total. The van der Waals surface area contributed by atoms with Gasteiger partial charge in [0, 0.05) is 35.2 Å². The van der Waals surface area contributed by atoms with Crippen LogP contribution in [0.1, 0.15) is 22.1 Å². The number of benzene rings is 1. The number of amides is 1. The normalized spacial score (nSPS) is 13.4. The minimum atomic E-state index is -1.06. The number of nitrogens with zero attached hydrogens (tertiary/aromatic N) is 2. The maximum absolute atomic E-state index is 12.2. The molecule has 1 aromatic carbocycles. The molecule has 1 amide bonds. The summed E-state index contributed by atoms with van der Waals surface area (Å²) in [4.78, 5) is 20.0. The molecule has 7 heteroatoms. The zero-order chi connectivity index (χ0) is 15.2. The molecule has 110 valence electrons. The lowest BCUT2D eigenvalue weighted by Crippen LogP contribution is -2.33. The second-order valence-electron chi connectivity index (χ2n) is 4.47. The van der Waals surface area contributed by atoms with E-state index < -0.39 is 16.7 Å². The van der Waals surface area contributed by atoms with E-state index in [1.165, 1.54) is 12.4 Å². The zero-order valence-electron chi connectivity index (χ0n) is 11.5. The summed E-state index contributed by atoms with van der Waals surface area (Å²) in [6, 6.07) is 8.99. The lowest BCUT2D eigenvalue weighted by Gasteiger charge is -2.18. The molecule has 1 aromatic heterocycles. The molecular weight excluding hydrogens is 288 g/mol. The van der Waals surface area contributed by atoms with E-state index in [0.29, 0.717) is 5.75 Å². The number of nitrogens with two attached hydrogens (primary N) is 1. The third-order valence-electron chi connectivity index (χ3n) is 2.85. The summed E-state index contributed by atoms with van der Waals surface area (Å²) in [7, 11) is -1.06. The topological polar surface area (TPSA) is 98.0 Å². The Balaban J connectivity index is 2.21. The Morgan fingerprint density at radius 1 is 1.29 bits per heavy atom. The number of nitrogens with one attached hydrogen (secondary N) is 1. The molecule has 0 saturated heterocycles. The van der Waals surface area contributed by atoms with Gasteiger partial charge in [-0.25, -0.2) is 9.97 Å². The minimum Gasteiger partial charge on any atom is -0.382 e. The van der Waals surface area contributed by atoms with E-state index in [-0.39, 0.29) is 17.6 Å². The molecule has 0 aliphatic rings. The molecule has 1 heterocycles. The number of rotatable bonds is 5. The fraction of sp³-hybridized carbons (Fsp3) is 0.214. The fourth-order valence-electron chi connectivity index (χ4n) is 1.89. The van der Waals surface area contributed by atoms with Crippen molar-refractivity contribution < 1.29 is 9.00 Å². The molecule has 21 heavy (non-hydrogen) atoms. The number of carbonyl (C=O) groups is 1. The van der Waals surface area contributed by atoms with Crippen molar-refractivity contribution in [2.45, 2.75) is 6.04 Å². The predicted octanol–water partition coefficient (Wildman–Crippen LogP) is 0.908. The molecule has 2 aromatic rings. The molecule has 2 atom stereocenters. The first-order valence-corrected chi connectivity index (χ1v) is 8.03. The summed E-state index contributed by atoms with van der Waals surface area (Å²) >= 11 is 0. The van der Waals surface area contributed by atoms with Gasteiger partial charge in [0.1, 0.15) is 0 Å². The molecule has 6 nitrogen and oxygen atoms in total. The van der Waals surface area contributed by atoms with E-state index in [4.69, 9.17) is 5.73 Å². The Bertz CT molecular complexity index is 648. The van der Waals surface area contributed by atoms with Crippen LogP contribution in [0.4, 0.5) is 5.82 Å². The third kappa shape index (κ3) is 4.09. The zero-order valence-corrected chi connectivity index (χ0v) is 12.3. The van der Waals surface area contributed by atoms with Gasteiger partial charge in [-0.2, -0.15) is 0 Å². The lowest BCUT2D eigenvalue weighted by molar-refractivity contribution is 0.0936. The van der Waals surface area contributed by atoms with Gasteiger partial charge in [-0.3, -0.25) is 9.00 Å². The first kappa shape index (κ1) is 15.1. The van der Waals surface area contributed by atoms with E-state index in [1.807, 2.05) is 30.3 Å². The van der Waals surface area contributed by atoms with Gasteiger partial charge in [-0.1, -0.05) is 30.3 Å². The van der Waals surface area contributed by atoms with Gasteiger partial charge in [0.25, 0.3) is 5.91 Å². The van der Waals surface area contributed by atoms with Gasteiger partial charge in [0.2, 0.25) is 0 Å². The third-order valence-corrected chi connectivity index (χ3v) is 3.65. The van der Waals surface area contributed by atoms with Crippen molar-refractivity contribution in [1.29, 1.82) is 0 Å². The van der Waals surface area contributed by atoms with E-state index in [2.05, 4.69) is 15.3 Å². The highest BCUT2D eigenvalue weighted by atomic mass is 32.2. The highest BCUT2D eigenvalue weighted by Gasteiger charge is 2.19. The van der Waals surface area contributed by atoms with Gasteiger partial charge in [0.05, 0.1) is 6.04 Å². The number of nitrogen functional groups attached to an aromatic ring is 1. The minimum absolute atomic E-state index is 0.0689. The second-order valence-corrected chi connectivity index (χ2v) is 5.95. The van der Waals surface area contributed by atoms with Crippen LogP contribution in [-0.4, -0.2) is 32.1 Å². The van der Waals surface area contributed by atoms with E-state index in [0.717, 1.165) is 5.56 Å². The van der Waals surface area contributed by atoms with Crippen molar-refractivity contribution in [2.75, 3.05) is 17.7 Å². The maximum atomic E-state index is 12.2. The highest BCUT2D eigenvalue weighted by Crippen LogP contribution is 2.15. The van der Waals surface area contributed by atoms with Crippen LogP contribution in [0.5, 0.6) is 0 Å². The molecule has 0 aliphatic heterocycles. The van der Waals surface area contributed by atoms with Gasteiger partial charge >= 0.3 is 0 Å². The van der Waals surface area contributed by atoms with Crippen LogP contribution < -0.4 is 11.1 Å². The summed E-state index contributed by atoms with van der Waals surface area (Å²) in [5, 5.41) is 2.81. The summed E-state index contributed by atoms with van der Waals surface area (Å²) < 4.78 is 11.5. The first-order valence-electron chi connectivity index (χ1n) is 6.30. The van der Waals surface area contributed by atoms with Gasteiger partial charge in [-0.05, 0) is 5.56 Å². The van der Waals surface area contributed by atoms with Crippen LogP contribution in [0.15, 0.2) is 42.7 Å². The number of carbonyl (C=O) groups excluding carboxylic acids is 1. The molecule has 0 radical (unpaired) electrons. The van der Waals surface area contributed by atoms with E-state index >= 15 is 0 Å². The molecule has 0 aliphatic carbocycles. The van der Waals surface area contributed by atoms with Crippen LogP contribution in [0.3, 0.4) is 0 Å². The highest BCUT2D eigenvalue weighted by molar-refractivity contribution is 7.84. The average Bonchev–Trinajstić information content (AvgIpc) is 2.47. The Morgan fingerprint density at radius 3 is 2.57 bits per heavy atom. The number of aromatic nitrogens is 2. The standard InChI is InChI=1S/C14H16N4O2S/c1-21(20)9-11(10-5-3-2-4-6-10)18-14(19)12-13(15)17-8-7-16-12/h2-8,11H,9H2,1H3,(H2,15,17)(H,18,19)/t11-,21+/m0/s1. The monoisotopic (exact) mass is 304 g/mol. The van der Waals surface area contributed by atoms with Crippen molar-refractivity contribution in [3.05, 3.63) is 54.0 Å². The number of anilines is 1. The molecule has 0 unspecified atom stereocenters. The van der Waals surface area contributed by atoms with Gasteiger partial charge in [-0.15, -0.1) is 0 Å². The quantitative estimate of drug-likeness (QED) is 0.855. The summed E-state index contributed by atoms with van der Waals surface area (Å²) in [5.74, 6) is -0.0463. The summed E-state index contributed by atoms with van der Waals surface area (Å²) in [6.45, 7) is 0. The molecule has 0 bridgehead atoms. The predicted molar refractivity (Wildman–Crippen MR) is 82.0 cm³/mol. The number of hydrogen-bond acceptors (Lipinski definition) is 5. The van der Waals surface area contributed by atoms with Crippen LogP contribution in [0, 0.1) is 0 Å². The summed E-state index contributed by atoms with van der Waals surface area (Å²) in [6.07, 6.45) is 4.42. The first-order chi connectivity index (χ1) is 10.1. The lowest BCUT2D eigenvalue weighted by atomic mass is 10.1. The Kier molecular flexibility index (Phi) is 4.99. The Labute approximate surface area is 125 Å². The average molecular weight is 304 g/mol. The van der Waals surface area contributed by atoms with E-state index in [1.54, 1.807) is 6.26 Å². The van der Waals surface area contributed by atoms with Crippen molar-refractivity contribution in [3.8, 4) is 0 Å². The Morgan fingerprint density at radius 2 is 1.95 bits per heavy atom. The van der Waals surface area contributed by atoms with Crippen molar-refractivity contribution in [1.82, 2.24) is 15.3 Å². The summed E-state index contributed by atoms with van der Waals surface area (Å²) in [5.41, 5.74) is 6.59. The van der Waals surface area contributed by atoms with Crippen LogP contribution in [0.2, 0.25) is 0 Å². The maximum Gasteiger partial charge on any atom is 0.274 e. The van der Waals surface area contributed by atoms with Gasteiger partial charge < -0.3 is 11.1 Å². The second kappa shape index (κ2) is 6.94. The van der Waals surface area contributed by atoms with Crippen molar-refractivity contribution in [2.24, 2.45) is 0 Å². The van der Waals surface area contributed by atoms with Crippen LogP contribution in [-0.2, 0) is 10.8 Å². The molecule has 0 fully saturated rings. The van der Waals surface area contributed by atoms with Crippen LogP contribution >= 0.6 is 0 Å². The van der Waals surface area contributed by atoms with E-state index in [9.17, 15) is 9.00 Å². The van der Waals surface area contributed by atoms with Crippen LogP contribution in [0.25, 0.3) is 0 Å². The van der Waals surface area contributed by atoms with Crippen molar-refractivity contribution >= 4 is 22.5 Å². The number of hydrogen-bond donors (Lipinski definition) is 2. The molecule has 0 saturated carbocycles. The molecule has 2 rings (SSSR count). The SMILES string of the molecule is C[S@@](=O)C[C@H](NC(=O)c1nccnc1N)c1ccccc1. The largest absolute Gasteiger partial charge is 0.382 e. The smallest absolute Gasteiger partial charge is 0.274 e. The van der Waals surface area contributed by atoms with Crippen molar-refractivity contribution in [3.63, 3.8) is 0 Å². The molecular formula is C14H16N4O2S. The molecule has 0 spiro atoms. The fourth-order valence-corrected chi connectivity index (χ4v) is 2.64.